The fourth-order valence-electron chi connectivity index (χ4n) is 2.72. The van der Waals surface area contributed by atoms with Gasteiger partial charge in [-0.15, -0.1) is 0 Å². The quantitative estimate of drug-likeness (QED) is 0.896. The molecule has 2 amide bonds. The second kappa shape index (κ2) is 7.68. The van der Waals surface area contributed by atoms with Crippen molar-refractivity contribution in [3.8, 4) is 5.75 Å². The van der Waals surface area contributed by atoms with Crippen molar-refractivity contribution in [3.63, 3.8) is 0 Å². The molecule has 3 atom stereocenters. The third kappa shape index (κ3) is 4.86. The van der Waals surface area contributed by atoms with Crippen LogP contribution in [0.4, 0.5) is 4.79 Å². The predicted molar refractivity (Wildman–Crippen MR) is 90.5 cm³/mol. The van der Waals surface area contributed by atoms with Crippen molar-refractivity contribution in [2.24, 2.45) is 5.92 Å². The van der Waals surface area contributed by atoms with Gasteiger partial charge in [-0.2, -0.15) is 0 Å². The second-order valence-electron chi connectivity index (χ2n) is 6.69. The van der Waals surface area contributed by atoms with Crippen LogP contribution in [0.2, 0.25) is 0 Å². The lowest BCUT2D eigenvalue weighted by Crippen LogP contribution is -2.50. The van der Waals surface area contributed by atoms with Gasteiger partial charge in [0.1, 0.15) is 5.75 Å². The number of carbonyl (C=O) groups is 1. The molecule has 1 saturated heterocycles. The van der Waals surface area contributed by atoms with Crippen molar-refractivity contribution in [1.82, 2.24) is 10.2 Å². The number of benzene rings is 1. The first-order valence-corrected chi connectivity index (χ1v) is 8.37. The van der Waals surface area contributed by atoms with Crippen LogP contribution in [0.15, 0.2) is 24.3 Å². The second-order valence-corrected chi connectivity index (χ2v) is 6.69. The van der Waals surface area contributed by atoms with Crippen LogP contribution in [0.25, 0.3) is 0 Å². The Balaban J connectivity index is 1.96. The van der Waals surface area contributed by atoms with Crippen LogP contribution in [0.1, 0.15) is 45.7 Å². The molecule has 23 heavy (non-hydrogen) atoms. The van der Waals surface area contributed by atoms with E-state index in [-0.39, 0.29) is 24.1 Å². The number of nitrogens with zero attached hydrogens (tertiary/aromatic N) is 1. The molecule has 3 unspecified atom stereocenters. The van der Waals surface area contributed by atoms with Crippen LogP contribution in [-0.4, -0.2) is 41.3 Å². The summed E-state index contributed by atoms with van der Waals surface area (Å²) < 4.78 is 5.70. The third-order valence-corrected chi connectivity index (χ3v) is 4.28. The maximum absolute atomic E-state index is 12.4. The number of piperidine rings is 1. The smallest absolute Gasteiger partial charge is 0.317 e. The van der Waals surface area contributed by atoms with E-state index in [9.17, 15) is 9.90 Å². The molecule has 1 aromatic carbocycles. The minimum atomic E-state index is -0.437. The first kappa shape index (κ1) is 17.6. The molecule has 0 radical (unpaired) electrons. The van der Waals surface area contributed by atoms with Crippen LogP contribution in [0.3, 0.4) is 0 Å². The van der Waals surface area contributed by atoms with Gasteiger partial charge in [0, 0.05) is 13.1 Å². The van der Waals surface area contributed by atoms with E-state index in [0.717, 1.165) is 17.7 Å². The Labute approximate surface area is 138 Å². The van der Waals surface area contributed by atoms with E-state index in [2.05, 4.69) is 5.32 Å². The number of aliphatic hydroxyl groups is 1. The van der Waals surface area contributed by atoms with E-state index in [4.69, 9.17) is 4.74 Å². The molecule has 5 heteroatoms. The summed E-state index contributed by atoms with van der Waals surface area (Å²) in [5, 5.41) is 12.9. The molecule has 0 saturated carbocycles. The average Bonchev–Trinajstić information content (AvgIpc) is 2.49. The first-order valence-electron chi connectivity index (χ1n) is 8.37. The maximum Gasteiger partial charge on any atom is 0.317 e. The van der Waals surface area contributed by atoms with Gasteiger partial charge in [-0.05, 0) is 50.8 Å². The summed E-state index contributed by atoms with van der Waals surface area (Å²) in [4.78, 5) is 14.1. The number of hydrogen-bond acceptors (Lipinski definition) is 3. The predicted octanol–water partition coefficient (Wildman–Crippen LogP) is 2.95. The molecule has 0 bridgehead atoms. The molecule has 128 valence electrons. The zero-order valence-corrected chi connectivity index (χ0v) is 14.5. The van der Waals surface area contributed by atoms with E-state index in [1.54, 1.807) is 4.90 Å². The summed E-state index contributed by atoms with van der Waals surface area (Å²) in [7, 11) is 0. The van der Waals surface area contributed by atoms with Crippen molar-refractivity contribution in [2.45, 2.75) is 52.4 Å². The third-order valence-electron chi connectivity index (χ3n) is 4.28. The van der Waals surface area contributed by atoms with Gasteiger partial charge in [0.15, 0.2) is 0 Å². The number of carbonyl (C=O) groups excluding carboxylic acids is 1. The number of rotatable bonds is 4. The van der Waals surface area contributed by atoms with Crippen molar-refractivity contribution >= 4 is 6.03 Å². The highest BCUT2D eigenvalue weighted by molar-refractivity contribution is 5.74. The lowest BCUT2D eigenvalue weighted by atomic mass is 9.96. The van der Waals surface area contributed by atoms with Gasteiger partial charge in [0.25, 0.3) is 0 Å². The minimum absolute atomic E-state index is 0.116. The standard InChI is InChI=1S/C18H28N2O3/c1-12(2)23-16-7-5-6-15(10-16)14(4)19-18(22)20-9-8-13(3)17(21)11-20/h5-7,10,12-14,17,21H,8-9,11H2,1-4H3,(H,19,22). The van der Waals surface area contributed by atoms with Gasteiger partial charge in [-0.1, -0.05) is 19.1 Å². The summed E-state index contributed by atoms with van der Waals surface area (Å²) in [6, 6.07) is 7.54. The molecular weight excluding hydrogens is 292 g/mol. The number of hydrogen-bond donors (Lipinski definition) is 2. The normalized spacial score (nSPS) is 22.8. The molecule has 1 fully saturated rings. The molecule has 0 aliphatic carbocycles. The highest BCUT2D eigenvalue weighted by Crippen LogP contribution is 2.21. The fraction of sp³-hybridized carbons (Fsp3) is 0.611. The molecule has 1 aliphatic rings. The molecule has 5 nitrogen and oxygen atoms in total. The van der Waals surface area contributed by atoms with E-state index in [0.29, 0.717) is 13.1 Å². The van der Waals surface area contributed by atoms with Crippen LogP contribution < -0.4 is 10.1 Å². The summed E-state index contributed by atoms with van der Waals surface area (Å²) in [5.74, 6) is 1.06. The van der Waals surface area contributed by atoms with E-state index in [1.165, 1.54) is 0 Å². The molecular formula is C18H28N2O3. The van der Waals surface area contributed by atoms with E-state index in [1.807, 2.05) is 52.0 Å². The molecule has 0 spiro atoms. The van der Waals surface area contributed by atoms with E-state index < -0.39 is 6.10 Å². The highest BCUT2D eigenvalue weighted by atomic mass is 16.5. The topological polar surface area (TPSA) is 61.8 Å². The lowest BCUT2D eigenvalue weighted by molar-refractivity contribution is 0.0431. The molecule has 1 heterocycles. The Hall–Kier alpha value is -1.75. The fourth-order valence-corrected chi connectivity index (χ4v) is 2.72. The Morgan fingerprint density at radius 2 is 2.13 bits per heavy atom. The van der Waals surface area contributed by atoms with E-state index >= 15 is 0 Å². The molecule has 2 N–H and O–H groups in total. The van der Waals surface area contributed by atoms with Crippen molar-refractivity contribution in [3.05, 3.63) is 29.8 Å². The monoisotopic (exact) mass is 320 g/mol. The molecule has 1 aromatic rings. The number of urea groups is 1. The Morgan fingerprint density at radius 1 is 1.39 bits per heavy atom. The minimum Gasteiger partial charge on any atom is -0.491 e. The van der Waals surface area contributed by atoms with Gasteiger partial charge in [0.2, 0.25) is 0 Å². The van der Waals surface area contributed by atoms with Crippen LogP contribution in [0.5, 0.6) is 5.75 Å². The van der Waals surface area contributed by atoms with Crippen LogP contribution in [0, 0.1) is 5.92 Å². The van der Waals surface area contributed by atoms with Crippen molar-refractivity contribution in [2.75, 3.05) is 13.1 Å². The number of likely N-dealkylation sites (tertiary alicyclic amines) is 1. The van der Waals surface area contributed by atoms with Gasteiger partial charge in [-0.3, -0.25) is 0 Å². The Bertz CT molecular complexity index is 533. The number of nitrogens with one attached hydrogen (secondary N) is 1. The number of β-amino-alcohol motifs (C(OH)–C–C–N with tert-alkyl or cyclic N) is 1. The summed E-state index contributed by atoms with van der Waals surface area (Å²) in [6.07, 6.45) is 0.514. The zero-order chi connectivity index (χ0) is 17.0. The molecule has 2 rings (SSSR count). The summed E-state index contributed by atoms with van der Waals surface area (Å²) >= 11 is 0. The average molecular weight is 320 g/mol. The van der Waals surface area contributed by atoms with Gasteiger partial charge >= 0.3 is 6.03 Å². The SMILES string of the molecule is CC(C)Oc1cccc(C(C)NC(=O)N2CCC(C)C(O)C2)c1. The van der Waals surface area contributed by atoms with Crippen LogP contribution >= 0.6 is 0 Å². The molecule has 1 aliphatic heterocycles. The van der Waals surface area contributed by atoms with Gasteiger partial charge in [0.05, 0.1) is 18.2 Å². The van der Waals surface area contributed by atoms with Gasteiger partial charge < -0.3 is 20.1 Å². The van der Waals surface area contributed by atoms with Crippen LogP contribution in [-0.2, 0) is 0 Å². The van der Waals surface area contributed by atoms with Crippen molar-refractivity contribution in [1.29, 1.82) is 0 Å². The van der Waals surface area contributed by atoms with Crippen molar-refractivity contribution < 1.29 is 14.6 Å². The maximum atomic E-state index is 12.4. The number of aliphatic hydroxyl groups excluding tert-OH is 1. The lowest BCUT2D eigenvalue weighted by Gasteiger charge is -2.35. The largest absolute Gasteiger partial charge is 0.491 e. The zero-order valence-electron chi connectivity index (χ0n) is 14.5. The summed E-state index contributed by atoms with van der Waals surface area (Å²) in [6.45, 7) is 9.03. The van der Waals surface area contributed by atoms with Gasteiger partial charge in [-0.25, -0.2) is 4.79 Å². The number of amides is 2. The highest BCUT2D eigenvalue weighted by Gasteiger charge is 2.27. The first-order chi connectivity index (χ1) is 10.9. The summed E-state index contributed by atoms with van der Waals surface area (Å²) in [5.41, 5.74) is 1.00. The Morgan fingerprint density at radius 3 is 2.78 bits per heavy atom. The Kier molecular flexibility index (Phi) is 5.88. The molecule has 0 aromatic heterocycles. The number of ether oxygens (including phenoxy) is 1.